The van der Waals surface area contributed by atoms with Gasteiger partial charge in [0.1, 0.15) is 17.4 Å². The number of nitrogens with one attached hydrogen (secondary N) is 1. The van der Waals surface area contributed by atoms with Crippen LogP contribution in [0.5, 0.6) is 17.2 Å². The molecule has 2 aromatic rings. The maximum atomic E-state index is 12.3. The molecule has 2 rings (SSSR count). The fraction of sp³-hybridized carbons (Fsp3) is 0.111. The Hall–Kier alpha value is -3.17. The second kappa shape index (κ2) is 8.08. The highest BCUT2D eigenvalue weighted by molar-refractivity contribution is 6.32. The summed E-state index contributed by atoms with van der Waals surface area (Å²) < 4.78 is 10.3. The minimum atomic E-state index is -0.598. The van der Waals surface area contributed by atoms with Gasteiger partial charge in [-0.15, -0.1) is 0 Å². The summed E-state index contributed by atoms with van der Waals surface area (Å²) >= 11 is 6.17. The highest BCUT2D eigenvalue weighted by Crippen LogP contribution is 2.34. The second-order valence-corrected chi connectivity index (χ2v) is 5.31. The van der Waals surface area contributed by atoms with Gasteiger partial charge in [-0.2, -0.15) is 5.26 Å². The Morgan fingerprint density at radius 2 is 1.80 bits per heavy atom. The standard InChI is InChI=1S/C18H15ClN2O4/c1-24-16-8-11(15(19)9-17(16)25-2)7-12(10-20)18(23)21-13-3-5-14(22)6-4-13/h3-9,22H,1-2H3,(H,21,23). The number of phenolic OH excluding ortho intramolecular Hbond substituents is 1. The summed E-state index contributed by atoms with van der Waals surface area (Å²) in [6.45, 7) is 0. The molecule has 0 saturated carbocycles. The normalized spacial score (nSPS) is 10.7. The van der Waals surface area contributed by atoms with Gasteiger partial charge in [0.25, 0.3) is 5.91 Å². The van der Waals surface area contributed by atoms with Crippen molar-refractivity contribution in [3.63, 3.8) is 0 Å². The van der Waals surface area contributed by atoms with Crippen LogP contribution in [0.4, 0.5) is 5.69 Å². The van der Waals surface area contributed by atoms with E-state index in [0.29, 0.717) is 27.8 Å². The molecule has 0 unspecified atom stereocenters. The first kappa shape index (κ1) is 18.2. The van der Waals surface area contributed by atoms with Crippen molar-refractivity contribution < 1.29 is 19.4 Å². The van der Waals surface area contributed by atoms with Gasteiger partial charge in [0, 0.05) is 11.8 Å². The molecule has 0 fully saturated rings. The first-order chi connectivity index (χ1) is 12.0. The number of halogens is 1. The van der Waals surface area contributed by atoms with Crippen LogP contribution < -0.4 is 14.8 Å². The number of hydrogen-bond acceptors (Lipinski definition) is 5. The Kier molecular flexibility index (Phi) is 5.88. The van der Waals surface area contributed by atoms with Crippen LogP contribution in [0.1, 0.15) is 5.56 Å². The van der Waals surface area contributed by atoms with Crippen molar-refractivity contribution in [2.75, 3.05) is 19.5 Å². The van der Waals surface area contributed by atoms with Crippen LogP contribution in [0.25, 0.3) is 6.08 Å². The number of phenols is 1. The number of anilines is 1. The molecule has 2 N–H and O–H groups in total. The van der Waals surface area contributed by atoms with Gasteiger partial charge in [0.15, 0.2) is 11.5 Å². The number of carbonyl (C=O) groups excluding carboxylic acids is 1. The number of rotatable bonds is 5. The van der Waals surface area contributed by atoms with Crippen LogP contribution in [-0.4, -0.2) is 25.2 Å². The Balaban J connectivity index is 2.32. The first-order valence-corrected chi connectivity index (χ1v) is 7.50. The summed E-state index contributed by atoms with van der Waals surface area (Å²) in [7, 11) is 2.96. The number of amides is 1. The summed E-state index contributed by atoms with van der Waals surface area (Å²) in [4.78, 5) is 12.3. The largest absolute Gasteiger partial charge is 0.508 e. The van der Waals surface area contributed by atoms with Gasteiger partial charge in [-0.1, -0.05) is 11.6 Å². The lowest BCUT2D eigenvalue weighted by Crippen LogP contribution is -2.13. The molecule has 0 aliphatic heterocycles. The molecule has 0 atom stereocenters. The summed E-state index contributed by atoms with van der Waals surface area (Å²) in [5, 5.41) is 21.4. The predicted molar refractivity (Wildman–Crippen MR) is 94.9 cm³/mol. The quantitative estimate of drug-likeness (QED) is 0.484. The van der Waals surface area contributed by atoms with Gasteiger partial charge in [0.2, 0.25) is 0 Å². The zero-order chi connectivity index (χ0) is 18.4. The molecule has 1 amide bonds. The van der Waals surface area contributed by atoms with E-state index in [0.717, 1.165) is 0 Å². The van der Waals surface area contributed by atoms with Gasteiger partial charge in [-0.05, 0) is 42.0 Å². The molecule has 25 heavy (non-hydrogen) atoms. The molecule has 6 nitrogen and oxygen atoms in total. The highest BCUT2D eigenvalue weighted by atomic mass is 35.5. The lowest BCUT2D eigenvalue weighted by Gasteiger charge is -2.10. The average Bonchev–Trinajstić information content (AvgIpc) is 2.62. The number of benzene rings is 2. The van der Waals surface area contributed by atoms with E-state index in [1.54, 1.807) is 12.1 Å². The zero-order valence-electron chi connectivity index (χ0n) is 13.5. The van der Waals surface area contributed by atoms with Crippen LogP contribution >= 0.6 is 11.6 Å². The van der Waals surface area contributed by atoms with Crippen molar-refractivity contribution >= 4 is 29.3 Å². The third kappa shape index (κ3) is 4.43. The SMILES string of the molecule is COc1cc(Cl)c(C=C(C#N)C(=O)Nc2ccc(O)cc2)cc1OC. The predicted octanol–water partition coefficient (Wildman–Crippen LogP) is 3.61. The van der Waals surface area contributed by atoms with Crippen molar-refractivity contribution in [1.29, 1.82) is 5.26 Å². The average molecular weight is 359 g/mol. The van der Waals surface area contributed by atoms with Crippen LogP contribution in [-0.2, 0) is 4.79 Å². The molecule has 0 bridgehead atoms. The van der Waals surface area contributed by atoms with Gasteiger partial charge in [0.05, 0.1) is 19.2 Å². The molecule has 0 saturated heterocycles. The van der Waals surface area contributed by atoms with Crippen molar-refractivity contribution in [1.82, 2.24) is 0 Å². The number of ether oxygens (including phenoxy) is 2. The van der Waals surface area contributed by atoms with E-state index in [9.17, 15) is 15.2 Å². The fourth-order valence-electron chi connectivity index (χ4n) is 2.03. The van der Waals surface area contributed by atoms with E-state index in [1.807, 2.05) is 6.07 Å². The zero-order valence-corrected chi connectivity index (χ0v) is 14.3. The summed E-state index contributed by atoms with van der Waals surface area (Å²) in [6, 6.07) is 10.9. The Bertz CT molecular complexity index is 855. The van der Waals surface area contributed by atoms with Crippen LogP contribution in [0.3, 0.4) is 0 Å². The third-order valence-electron chi connectivity index (χ3n) is 3.29. The summed E-state index contributed by atoms with van der Waals surface area (Å²) in [5.41, 5.74) is 0.751. The monoisotopic (exact) mass is 358 g/mol. The maximum Gasteiger partial charge on any atom is 0.266 e. The Labute approximate surface area is 149 Å². The smallest absolute Gasteiger partial charge is 0.266 e. The van der Waals surface area contributed by atoms with Crippen LogP contribution in [0.2, 0.25) is 5.02 Å². The van der Waals surface area contributed by atoms with Gasteiger partial charge >= 0.3 is 0 Å². The number of aromatic hydroxyl groups is 1. The lowest BCUT2D eigenvalue weighted by atomic mass is 10.1. The van der Waals surface area contributed by atoms with Crippen molar-refractivity contribution in [2.24, 2.45) is 0 Å². The van der Waals surface area contributed by atoms with Crippen molar-refractivity contribution in [2.45, 2.75) is 0 Å². The van der Waals surface area contributed by atoms with E-state index in [-0.39, 0.29) is 11.3 Å². The fourth-order valence-corrected chi connectivity index (χ4v) is 2.24. The third-order valence-corrected chi connectivity index (χ3v) is 3.62. The van der Waals surface area contributed by atoms with E-state index in [2.05, 4.69) is 5.32 Å². The lowest BCUT2D eigenvalue weighted by molar-refractivity contribution is -0.112. The van der Waals surface area contributed by atoms with Gasteiger partial charge < -0.3 is 19.9 Å². The molecule has 7 heteroatoms. The van der Waals surface area contributed by atoms with E-state index in [1.165, 1.54) is 44.6 Å². The molecule has 0 spiro atoms. The Morgan fingerprint density at radius 3 is 2.36 bits per heavy atom. The second-order valence-electron chi connectivity index (χ2n) is 4.90. The number of nitrogens with zero attached hydrogens (tertiary/aromatic N) is 1. The number of methoxy groups -OCH3 is 2. The van der Waals surface area contributed by atoms with Crippen molar-refractivity contribution in [3.8, 4) is 23.3 Å². The minimum Gasteiger partial charge on any atom is -0.508 e. The molecular weight excluding hydrogens is 344 g/mol. The molecule has 128 valence electrons. The molecular formula is C18H15ClN2O4. The minimum absolute atomic E-state index is 0.0751. The van der Waals surface area contributed by atoms with Gasteiger partial charge in [-0.3, -0.25) is 4.79 Å². The first-order valence-electron chi connectivity index (χ1n) is 7.12. The molecule has 0 aliphatic rings. The van der Waals surface area contributed by atoms with E-state index in [4.69, 9.17) is 21.1 Å². The molecule has 0 heterocycles. The molecule has 0 aliphatic carbocycles. The molecule has 2 aromatic carbocycles. The number of nitriles is 1. The molecule has 0 aromatic heterocycles. The van der Waals surface area contributed by atoms with E-state index < -0.39 is 5.91 Å². The topological polar surface area (TPSA) is 91.6 Å². The maximum absolute atomic E-state index is 12.3. The van der Waals surface area contributed by atoms with E-state index >= 15 is 0 Å². The Morgan fingerprint density at radius 1 is 1.20 bits per heavy atom. The van der Waals surface area contributed by atoms with Gasteiger partial charge in [-0.25, -0.2) is 0 Å². The molecule has 0 radical (unpaired) electrons. The summed E-state index contributed by atoms with van der Waals surface area (Å²) in [6.07, 6.45) is 1.36. The number of hydrogen-bond donors (Lipinski definition) is 2. The highest BCUT2D eigenvalue weighted by Gasteiger charge is 2.13. The van der Waals surface area contributed by atoms with Crippen molar-refractivity contribution in [3.05, 3.63) is 52.6 Å². The van der Waals surface area contributed by atoms with Crippen LogP contribution in [0, 0.1) is 11.3 Å². The summed E-state index contributed by atoms with van der Waals surface area (Å²) in [5.74, 6) is 0.344. The van der Waals surface area contributed by atoms with Crippen LogP contribution in [0.15, 0.2) is 42.0 Å². The number of carbonyl (C=O) groups is 1.